The van der Waals surface area contributed by atoms with Crippen LogP contribution < -0.4 is 0 Å². The Balaban J connectivity index is 2.67. The third-order valence-corrected chi connectivity index (χ3v) is 1.22. The number of phosphoric ester groups is 1. The zero-order valence-corrected chi connectivity index (χ0v) is 4.17. The second-order valence-electron chi connectivity index (χ2n) is 0.952. The fraction of sp³-hybridized carbons (Fsp3) is 0. The van der Waals surface area contributed by atoms with Gasteiger partial charge in [0, 0.05) is 0 Å². The molecule has 7 heavy (non-hydrogen) atoms. The average molecular weight is 122 g/mol. The molecule has 0 radical (unpaired) electrons. The average Bonchev–Trinajstić information content (AvgIpc) is 1.84. The van der Waals surface area contributed by atoms with Gasteiger partial charge in [-0.05, 0) is 0 Å². The van der Waals surface area contributed by atoms with E-state index in [0.29, 0.717) is 0 Å². The molecule has 0 aromatic heterocycles. The Hall–Kier alpha value is -0.470. The second-order valence-corrected chi connectivity index (χ2v) is 2.31. The molecule has 40 valence electrons. The van der Waals surface area contributed by atoms with Crippen molar-refractivity contribution in [2.75, 3.05) is 0 Å². The highest BCUT2D eigenvalue weighted by Crippen LogP contribution is 2.47. The molecule has 1 aliphatic heterocycles. The van der Waals surface area contributed by atoms with Crippen LogP contribution in [0.3, 0.4) is 0 Å². The summed E-state index contributed by atoms with van der Waals surface area (Å²) in [5, 5.41) is 0. The molecule has 4 nitrogen and oxygen atoms in total. The quantitative estimate of drug-likeness (QED) is 0.478. The van der Waals surface area contributed by atoms with Gasteiger partial charge in [0.2, 0.25) is 0 Å². The molecule has 0 aliphatic carbocycles. The Morgan fingerprint density at radius 1 is 1.43 bits per heavy atom. The molecule has 1 rings (SSSR count). The summed E-state index contributed by atoms with van der Waals surface area (Å²) in [5.74, 6) is 0. The summed E-state index contributed by atoms with van der Waals surface area (Å²) >= 11 is 0. The number of rotatable bonds is 0. The first kappa shape index (κ1) is 4.68. The maximum Gasteiger partial charge on any atom is 0.583 e. The third-order valence-electron chi connectivity index (χ3n) is 0.444. The molecule has 0 saturated heterocycles. The van der Waals surface area contributed by atoms with E-state index in [0.717, 1.165) is 12.5 Å². The second kappa shape index (κ2) is 1.25. The minimum Gasteiger partial charge on any atom is -0.400 e. The summed E-state index contributed by atoms with van der Waals surface area (Å²) in [5.41, 5.74) is 0. The van der Waals surface area contributed by atoms with Crippen molar-refractivity contribution in [1.29, 1.82) is 0 Å². The topological polar surface area (TPSA) is 55.8 Å². The molecule has 0 aromatic carbocycles. The Morgan fingerprint density at radius 2 is 1.86 bits per heavy atom. The van der Waals surface area contributed by atoms with E-state index < -0.39 is 7.82 Å². The zero-order chi connectivity index (χ0) is 5.33. The molecule has 0 amide bonds. The van der Waals surface area contributed by atoms with Gasteiger partial charge in [0.25, 0.3) is 0 Å². The SMILES string of the molecule is O=P1(O)OC=CO1. The molecule has 0 saturated carbocycles. The lowest BCUT2D eigenvalue weighted by Gasteiger charge is -1.96. The minimum absolute atomic E-state index is 1.03. The minimum atomic E-state index is -3.65. The maximum absolute atomic E-state index is 10.1. The first-order chi connectivity index (χ1) is 3.21. The van der Waals surface area contributed by atoms with Gasteiger partial charge in [-0.15, -0.1) is 0 Å². The molecule has 0 fully saturated rings. The van der Waals surface area contributed by atoms with E-state index in [-0.39, 0.29) is 0 Å². The van der Waals surface area contributed by atoms with E-state index in [9.17, 15) is 4.57 Å². The highest BCUT2D eigenvalue weighted by molar-refractivity contribution is 7.47. The predicted molar refractivity (Wildman–Crippen MR) is 21.1 cm³/mol. The molecule has 0 atom stereocenters. The molecule has 0 spiro atoms. The summed E-state index contributed by atoms with van der Waals surface area (Å²) in [6.45, 7) is 0. The van der Waals surface area contributed by atoms with Crippen molar-refractivity contribution in [3.63, 3.8) is 0 Å². The van der Waals surface area contributed by atoms with Gasteiger partial charge in [-0.2, -0.15) is 0 Å². The monoisotopic (exact) mass is 122 g/mol. The summed E-state index contributed by atoms with van der Waals surface area (Å²) in [7, 11) is -3.65. The smallest absolute Gasteiger partial charge is 0.400 e. The van der Waals surface area contributed by atoms with Crippen LogP contribution in [0.5, 0.6) is 0 Å². The molecular weight excluding hydrogens is 119 g/mol. The van der Waals surface area contributed by atoms with Crippen molar-refractivity contribution in [3.05, 3.63) is 12.5 Å². The van der Waals surface area contributed by atoms with Crippen LogP contribution in [0.1, 0.15) is 0 Å². The Bertz CT molecular complexity index is 127. The highest BCUT2D eigenvalue weighted by atomic mass is 31.2. The van der Waals surface area contributed by atoms with Crippen LogP contribution in [0.2, 0.25) is 0 Å². The summed E-state index contributed by atoms with van der Waals surface area (Å²) in [6.07, 6.45) is 2.06. The van der Waals surface area contributed by atoms with Crippen LogP contribution in [0.15, 0.2) is 12.5 Å². The van der Waals surface area contributed by atoms with Gasteiger partial charge in [-0.1, -0.05) is 0 Å². The van der Waals surface area contributed by atoms with Crippen LogP contribution in [0.25, 0.3) is 0 Å². The van der Waals surface area contributed by atoms with Gasteiger partial charge in [0.1, 0.15) is 12.5 Å². The third kappa shape index (κ3) is 0.947. The molecule has 1 N–H and O–H groups in total. The van der Waals surface area contributed by atoms with Gasteiger partial charge in [-0.25, -0.2) is 4.57 Å². The standard InChI is InChI=1S/C2H3O4P/c3-7(4)5-1-2-6-7/h1-2H,(H,3,4). The number of phosphoric acid groups is 1. The zero-order valence-electron chi connectivity index (χ0n) is 3.27. The summed E-state index contributed by atoms with van der Waals surface area (Å²) < 4.78 is 18.2. The van der Waals surface area contributed by atoms with E-state index in [1.807, 2.05) is 0 Å². The first-order valence-electron chi connectivity index (χ1n) is 1.55. The van der Waals surface area contributed by atoms with E-state index in [1.54, 1.807) is 0 Å². The van der Waals surface area contributed by atoms with E-state index >= 15 is 0 Å². The van der Waals surface area contributed by atoms with Gasteiger partial charge < -0.3 is 9.05 Å². The molecule has 1 heterocycles. The molecule has 0 aromatic rings. The maximum atomic E-state index is 10.1. The lowest BCUT2D eigenvalue weighted by atomic mass is 11.1. The van der Waals surface area contributed by atoms with E-state index in [1.165, 1.54) is 0 Å². The van der Waals surface area contributed by atoms with Crippen molar-refractivity contribution in [2.24, 2.45) is 0 Å². The fourth-order valence-electron chi connectivity index (χ4n) is 0.228. The van der Waals surface area contributed by atoms with Crippen molar-refractivity contribution < 1.29 is 18.5 Å². The van der Waals surface area contributed by atoms with Crippen LogP contribution in [-0.4, -0.2) is 4.89 Å². The number of hydrogen-bond acceptors (Lipinski definition) is 3. The first-order valence-corrected chi connectivity index (χ1v) is 3.05. The Kier molecular flexibility index (Phi) is 0.836. The van der Waals surface area contributed by atoms with Gasteiger partial charge in [0.15, 0.2) is 0 Å². The van der Waals surface area contributed by atoms with Crippen LogP contribution in [0, 0.1) is 0 Å². The predicted octanol–water partition coefficient (Wildman–Crippen LogP) is 0.605. The lowest BCUT2D eigenvalue weighted by molar-refractivity contribution is 0.278. The fourth-order valence-corrected chi connectivity index (χ4v) is 0.685. The van der Waals surface area contributed by atoms with Crippen molar-refractivity contribution >= 4 is 7.82 Å². The lowest BCUT2D eigenvalue weighted by Crippen LogP contribution is -1.72. The van der Waals surface area contributed by atoms with Crippen LogP contribution in [0.4, 0.5) is 0 Å². The molecule has 0 unspecified atom stereocenters. The van der Waals surface area contributed by atoms with Crippen LogP contribution >= 0.6 is 7.82 Å². The molecule has 0 bridgehead atoms. The largest absolute Gasteiger partial charge is 0.583 e. The van der Waals surface area contributed by atoms with Gasteiger partial charge in [-0.3, -0.25) is 4.89 Å². The Labute approximate surface area is 40.0 Å². The Morgan fingerprint density at radius 3 is 2.00 bits per heavy atom. The van der Waals surface area contributed by atoms with Crippen molar-refractivity contribution in [1.82, 2.24) is 0 Å². The van der Waals surface area contributed by atoms with Crippen LogP contribution in [-0.2, 0) is 13.6 Å². The summed E-state index contributed by atoms with van der Waals surface area (Å²) in [6, 6.07) is 0. The molecular formula is C2H3O4P. The van der Waals surface area contributed by atoms with E-state index in [4.69, 9.17) is 4.89 Å². The van der Waals surface area contributed by atoms with Crippen molar-refractivity contribution in [2.45, 2.75) is 0 Å². The number of hydrogen-bond donors (Lipinski definition) is 1. The molecule has 1 aliphatic rings. The van der Waals surface area contributed by atoms with Gasteiger partial charge in [0.05, 0.1) is 0 Å². The van der Waals surface area contributed by atoms with Crippen molar-refractivity contribution in [3.8, 4) is 0 Å². The summed E-state index contributed by atoms with van der Waals surface area (Å²) in [4.78, 5) is 8.24. The van der Waals surface area contributed by atoms with Gasteiger partial charge >= 0.3 is 7.82 Å². The van der Waals surface area contributed by atoms with E-state index in [2.05, 4.69) is 9.05 Å². The normalized spacial score (nSPS) is 23.6. The highest BCUT2D eigenvalue weighted by Gasteiger charge is 2.23. The molecule has 5 heteroatoms.